The van der Waals surface area contributed by atoms with Crippen LogP contribution in [0.5, 0.6) is 0 Å². The number of amides is 1. The van der Waals surface area contributed by atoms with E-state index in [1.807, 2.05) is 6.92 Å². The summed E-state index contributed by atoms with van der Waals surface area (Å²) < 4.78 is 5.24. The Balaban J connectivity index is 4.31. The van der Waals surface area contributed by atoms with Gasteiger partial charge in [0.2, 0.25) is 0 Å². The van der Waals surface area contributed by atoms with Crippen LogP contribution in [0.4, 0.5) is 4.79 Å². The van der Waals surface area contributed by atoms with Crippen LogP contribution in [-0.2, 0) is 9.53 Å². The number of ketones is 1. The molecule has 0 saturated heterocycles. The van der Waals surface area contributed by atoms with Crippen molar-refractivity contribution in [2.75, 3.05) is 32.7 Å². The molecule has 4 nitrogen and oxygen atoms in total. The monoisotopic (exact) mass is 249 g/mol. The van der Waals surface area contributed by atoms with Gasteiger partial charge in [-0.05, 0) is 0 Å². The van der Waals surface area contributed by atoms with Crippen molar-refractivity contribution in [1.29, 1.82) is 0 Å². The molecule has 1 atom stereocenters. The zero-order chi connectivity index (χ0) is 12.8. The third kappa shape index (κ3) is 8.66. The van der Waals surface area contributed by atoms with E-state index < -0.39 is 13.4 Å². The molecule has 0 rings (SSSR count). The number of ether oxygens (including phenoxy) is 1. The van der Waals surface area contributed by atoms with Crippen LogP contribution in [-0.4, -0.2) is 50.7 Å². The average molecular weight is 249 g/mol. The number of rotatable bonds is 6. The molecule has 0 saturated carbocycles. The average Bonchev–Trinajstić information content (AvgIpc) is 1.98. The van der Waals surface area contributed by atoms with Crippen molar-refractivity contribution in [2.45, 2.75) is 26.4 Å². The van der Waals surface area contributed by atoms with Gasteiger partial charge in [0.15, 0.2) is 0 Å². The summed E-state index contributed by atoms with van der Waals surface area (Å²) in [6.07, 6.45) is 0.452. The summed E-state index contributed by atoms with van der Waals surface area (Å²) in [6, 6.07) is 0. The summed E-state index contributed by atoms with van der Waals surface area (Å²) in [4.78, 5) is 22.4. The molecule has 1 N–H and O–H groups in total. The predicted molar refractivity (Wildman–Crippen MR) is 70.2 cm³/mol. The standard InChI is InChI=1S/C11H24NO3P/c1-6-12-11(14)15-10(7-9(2)13)8-16(3,4)5/h10,16H,6-8H2,1-5H3,(H,12,14). The molecule has 1 amide bonds. The zero-order valence-corrected chi connectivity index (χ0v) is 11.9. The molecule has 0 aliphatic carbocycles. The number of carbonyl (C=O) groups excluding carboxylic acids is 2. The summed E-state index contributed by atoms with van der Waals surface area (Å²) in [5, 5.41) is 2.58. The van der Waals surface area contributed by atoms with E-state index in [-0.39, 0.29) is 11.9 Å². The first-order valence-corrected chi connectivity index (χ1v) is 9.39. The molecule has 5 heteroatoms. The van der Waals surface area contributed by atoms with Gasteiger partial charge in [-0.3, -0.25) is 0 Å². The molecule has 0 aromatic carbocycles. The molecule has 96 valence electrons. The molecule has 0 aromatic heterocycles. The quantitative estimate of drug-likeness (QED) is 0.729. The van der Waals surface area contributed by atoms with E-state index in [0.717, 1.165) is 6.16 Å². The van der Waals surface area contributed by atoms with Crippen molar-refractivity contribution in [2.24, 2.45) is 0 Å². The van der Waals surface area contributed by atoms with E-state index >= 15 is 0 Å². The molecule has 0 aromatic rings. The van der Waals surface area contributed by atoms with Crippen LogP contribution >= 0.6 is 7.26 Å². The third-order valence-corrected chi connectivity index (χ3v) is 3.63. The van der Waals surface area contributed by atoms with Crippen LogP contribution in [0.3, 0.4) is 0 Å². The van der Waals surface area contributed by atoms with E-state index in [9.17, 15) is 9.59 Å². The number of alkyl carbamates (subject to hydrolysis) is 1. The van der Waals surface area contributed by atoms with Gasteiger partial charge in [0.05, 0.1) is 0 Å². The van der Waals surface area contributed by atoms with Gasteiger partial charge in [-0.25, -0.2) is 0 Å². The topological polar surface area (TPSA) is 55.4 Å². The van der Waals surface area contributed by atoms with Gasteiger partial charge >= 0.3 is 97.9 Å². The number of hydrogen-bond acceptors (Lipinski definition) is 3. The summed E-state index contributed by atoms with van der Waals surface area (Å²) in [6.45, 7) is 10.5. The van der Waals surface area contributed by atoms with Crippen LogP contribution in [0.2, 0.25) is 0 Å². The second-order valence-corrected chi connectivity index (χ2v) is 10.8. The Morgan fingerprint density at radius 3 is 2.25 bits per heavy atom. The minimum atomic E-state index is -1.33. The normalized spacial score (nSPS) is 14.1. The Kier molecular flexibility index (Phi) is 6.58. The van der Waals surface area contributed by atoms with Crippen molar-refractivity contribution >= 4 is 19.1 Å². The molecule has 0 aliphatic heterocycles. The van der Waals surface area contributed by atoms with E-state index in [1.165, 1.54) is 6.92 Å². The number of Topliss-reactive ketones (excluding diaryl/α,β-unsaturated/α-hetero) is 1. The summed E-state index contributed by atoms with van der Waals surface area (Å²) in [5.74, 6) is 0.0625. The Morgan fingerprint density at radius 2 is 1.88 bits per heavy atom. The second kappa shape index (κ2) is 6.85. The molecule has 0 radical (unpaired) electrons. The van der Waals surface area contributed by atoms with Crippen molar-refractivity contribution in [1.82, 2.24) is 5.32 Å². The Morgan fingerprint density at radius 1 is 1.31 bits per heavy atom. The first-order chi connectivity index (χ1) is 7.24. The summed E-state index contributed by atoms with van der Waals surface area (Å²) in [5.41, 5.74) is 0. The Labute approximate surface area is 98.5 Å². The van der Waals surface area contributed by atoms with Crippen LogP contribution in [0.1, 0.15) is 20.3 Å². The van der Waals surface area contributed by atoms with Gasteiger partial charge in [0.1, 0.15) is 0 Å². The van der Waals surface area contributed by atoms with E-state index in [1.54, 1.807) is 0 Å². The number of hydrogen-bond donors (Lipinski definition) is 1. The van der Waals surface area contributed by atoms with Crippen LogP contribution in [0.25, 0.3) is 0 Å². The molecule has 0 fully saturated rings. The second-order valence-electron chi connectivity index (χ2n) is 5.23. The SMILES string of the molecule is CCNC(=O)OC(CC(C)=O)C[PH](C)(C)C. The summed E-state index contributed by atoms with van der Waals surface area (Å²) in [7, 11) is -1.33. The Hall–Kier alpha value is -0.630. The van der Waals surface area contributed by atoms with Gasteiger partial charge < -0.3 is 0 Å². The maximum atomic E-state index is 11.3. The fourth-order valence-corrected chi connectivity index (χ4v) is 3.09. The maximum absolute atomic E-state index is 11.3. The van der Waals surface area contributed by atoms with Gasteiger partial charge in [0, 0.05) is 0 Å². The first kappa shape index (κ1) is 15.4. The van der Waals surface area contributed by atoms with Crippen molar-refractivity contribution in [3.05, 3.63) is 0 Å². The minimum absolute atomic E-state index is 0.0625. The van der Waals surface area contributed by atoms with Gasteiger partial charge in [-0.15, -0.1) is 0 Å². The molecule has 1 unspecified atom stereocenters. The number of nitrogens with one attached hydrogen (secondary N) is 1. The van der Waals surface area contributed by atoms with E-state index in [0.29, 0.717) is 13.0 Å². The summed E-state index contributed by atoms with van der Waals surface area (Å²) >= 11 is 0. The first-order valence-electron chi connectivity index (χ1n) is 5.68. The molecule has 16 heavy (non-hydrogen) atoms. The zero-order valence-electron chi connectivity index (χ0n) is 10.9. The third-order valence-electron chi connectivity index (χ3n) is 1.95. The van der Waals surface area contributed by atoms with Crippen molar-refractivity contribution < 1.29 is 14.3 Å². The molecular weight excluding hydrogens is 225 g/mol. The molecular formula is C11H24NO3P. The Bertz CT molecular complexity index is 248. The van der Waals surface area contributed by atoms with Crippen molar-refractivity contribution in [3.8, 4) is 0 Å². The molecule has 0 bridgehead atoms. The van der Waals surface area contributed by atoms with Crippen LogP contribution < -0.4 is 5.32 Å². The van der Waals surface area contributed by atoms with E-state index in [4.69, 9.17) is 4.74 Å². The molecule has 0 aliphatic rings. The van der Waals surface area contributed by atoms with E-state index in [2.05, 4.69) is 25.3 Å². The van der Waals surface area contributed by atoms with Crippen LogP contribution in [0.15, 0.2) is 0 Å². The van der Waals surface area contributed by atoms with Gasteiger partial charge in [-0.2, -0.15) is 0 Å². The van der Waals surface area contributed by atoms with Crippen molar-refractivity contribution in [3.63, 3.8) is 0 Å². The van der Waals surface area contributed by atoms with Gasteiger partial charge in [0.25, 0.3) is 0 Å². The molecule has 0 spiro atoms. The molecule has 0 heterocycles. The number of carbonyl (C=O) groups is 2. The van der Waals surface area contributed by atoms with Gasteiger partial charge in [-0.1, -0.05) is 0 Å². The fourth-order valence-electron chi connectivity index (χ4n) is 1.50. The predicted octanol–water partition coefficient (Wildman–Crippen LogP) is 1.72. The van der Waals surface area contributed by atoms with Crippen LogP contribution in [0, 0.1) is 0 Å². The fraction of sp³-hybridized carbons (Fsp3) is 0.818.